The molecule has 3 aromatic carbocycles. The van der Waals surface area contributed by atoms with Gasteiger partial charge in [0.15, 0.2) is 0 Å². The van der Waals surface area contributed by atoms with Crippen LogP contribution in [0.15, 0.2) is 72.9 Å². The Morgan fingerprint density at radius 2 is 1.38 bits per heavy atom. The largest absolute Gasteiger partial charge is 0.346 e. The average Bonchev–Trinajstić information content (AvgIpc) is 3.35. The fourth-order valence-corrected chi connectivity index (χ4v) is 4.37. The fraction of sp³-hybridized carbons (Fsp3) is 0.250. The second-order valence-corrected chi connectivity index (χ2v) is 7.32. The first-order valence-corrected chi connectivity index (χ1v) is 9.68. The first-order valence-electron chi connectivity index (χ1n) is 9.68. The molecule has 1 fully saturated rings. The molecule has 0 aliphatic carbocycles. The van der Waals surface area contributed by atoms with Gasteiger partial charge in [-0.05, 0) is 60.0 Å². The van der Waals surface area contributed by atoms with Gasteiger partial charge in [-0.25, -0.2) is 0 Å². The molecule has 0 amide bonds. The summed E-state index contributed by atoms with van der Waals surface area (Å²) in [4.78, 5) is 2.58. The minimum atomic E-state index is 1.07. The Labute approximate surface area is 154 Å². The highest BCUT2D eigenvalue weighted by Gasteiger charge is 2.13. The number of aromatic nitrogens is 1. The maximum Gasteiger partial charge on any atom is 0.0487 e. The van der Waals surface area contributed by atoms with Gasteiger partial charge in [0.05, 0.1) is 0 Å². The highest BCUT2D eigenvalue weighted by molar-refractivity contribution is 6.04. The minimum Gasteiger partial charge on any atom is -0.346 e. The number of nitrogens with zero attached hydrogens (tertiary/aromatic N) is 2. The lowest BCUT2D eigenvalue weighted by molar-refractivity contribution is 0.324. The van der Waals surface area contributed by atoms with Crippen molar-refractivity contribution in [3.63, 3.8) is 0 Å². The van der Waals surface area contributed by atoms with E-state index in [9.17, 15) is 0 Å². The molecule has 0 radical (unpaired) electrons. The summed E-state index contributed by atoms with van der Waals surface area (Å²) < 4.78 is 2.42. The zero-order chi connectivity index (χ0) is 17.3. The van der Waals surface area contributed by atoms with Crippen molar-refractivity contribution in [3.8, 4) is 11.1 Å². The molecule has 0 unspecified atom stereocenters. The van der Waals surface area contributed by atoms with Crippen LogP contribution in [0.4, 0.5) is 0 Å². The maximum atomic E-state index is 2.58. The quantitative estimate of drug-likeness (QED) is 0.472. The lowest BCUT2D eigenvalue weighted by Crippen LogP contribution is -2.23. The smallest absolute Gasteiger partial charge is 0.0487 e. The van der Waals surface area contributed by atoms with Crippen LogP contribution in [0.1, 0.15) is 12.8 Å². The lowest BCUT2D eigenvalue weighted by atomic mass is 9.96. The second kappa shape index (κ2) is 6.62. The van der Waals surface area contributed by atoms with Crippen LogP contribution in [0.25, 0.3) is 32.8 Å². The Hall–Kier alpha value is -2.58. The summed E-state index contributed by atoms with van der Waals surface area (Å²) >= 11 is 0. The van der Waals surface area contributed by atoms with Gasteiger partial charge in [0.2, 0.25) is 0 Å². The molecule has 26 heavy (non-hydrogen) atoms. The molecule has 130 valence electrons. The topological polar surface area (TPSA) is 8.17 Å². The zero-order valence-electron chi connectivity index (χ0n) is 15.1. The standard InChI is InChI=1S/C24H24N2/c1-2-9-20-19(7-1)8-5-10-21(20)22-11-6-12-24-23(22)13-16-26(24)18-17-25-14-3-4-15-25/h1-2,5-13,16H,3-4,14-15,17-18H2. The number of hydrogen-bond donors (Lipinski definition) is 0. The van der Waals surface area contributed by atoms with Crippen molar-refractivity contribution in [2.45, 2.75) is 19.4 Å². The zero-order valence-corrected chi connectivity index (χ0v) is 15.1. The molecule has 0 spiro atoms. The van der Waals surface area contributed by atoms with Crippen LogP contribution in [0.5, 0.6) is 0 Å². The van der Waals surface area contributed by atoms with Gasteiger partial charge in [0, 0.05) is 30.2 Å². The lowest BCUT2D eigenvalue weighted by Gasteiger charge is -2.15. The molecule has 0 bridgehead atoms. The molecule has 5 rings (SSSR count). The molecular weight excluding hydrogens is 316 g/mol. The van der Waals surface area contributed by atoms with Crippen LogP contribution in [-0.4, -0.2) is 29.1 Å². The van der Waals surface area contributed by atoms with Crippen LogP contribution in [0, 0.1) is 0 Å². The van der Waals surface area contributed by atoms with Gasteiger partial charge >= 0.3 is 0 Å². The molecule has 4 aromatic rings. The molecule has 1 aliphatic heterocycles. The third kappa shape index (κ3) is 2.71. The van der Waals surface area contributed by atoms with E-state index in [0.29, 0.717) is 0 Å². The van der Waals surface area contributed by atoms with Crippen molar-refractivity contribution in [3.05, 3.63) is 72.9 Å². The first-order chi connectivity index (χ1) is 12.9. The Kier molecular flexibility index (Phi) is 3.99. The average molecular weight is 340 g/mol. The fourth-order valence-electron chi connectivity index (χ4n) is 4.37. The van der Waals surface area contributed by atoms with E-state index in [-0.39, 0.29) is 0 Å². The maximum absolute atomic E-state index is 2.58. The number of hydrogen-bond acceptors (Lipinski definition) is 1. The van der Waals surface area contributed by atoms with Gasteiger partial charge in [-0.1, -0.05) is 54.6 Å². The first kappa shape index (κ1) is 15.7. The molecule has 2 heteroatoms. The molecule has 1 aromatic heterocycles. The Bertz CT molecular complexity index is 1050. The summed E-state index contributed by atoms with van der Waals surface area (Å²) in [5.41, 5.74) is 4.00. The van der Waals surface area contributed by atoms with E-state index in [0.717, 1.165) is 13.1 Å². The molecule has 2 heterocycles. The number of benzene rings is 3. The number of fused-ring (bicyclic) bond motifs is 2. The molecule has 0 N–H and O–H groups in total. The molecular formula is C24H24N2. The summed E-state index contributed by atoms with van der Waals surface area (Å²) in [6, 6.07) is 24.3. The van der Waals surface area contributed by atoms with Crippen molar-refractivity contribution in [1.29, 1.82) is 0 Å². The minimum absolute atomic E-state index is 1.07. The van der Waals surface area contributed by atoms with Crippen molar-refractivity contribution >= 4 is 21.7 Å². The normalized spacial score (nSPS) is 15.2. The summed E-state index contributed by atoms with van der Waals surface area (Å²) in [6.45, 7) is 4.76. The molecule has 0 saturated carbocycles. The molecule has 1 saturated heterocycles. The van der Waals surface area contributed by atoms with Crippen LogP contribution in [-0.2, 0) is 6.54 Å². The monoisotopic (exact) mass is 340 g/mol. The Morgan fingerprint density at radius 1 is 0.654 bits per heavy atom. The predicted molar refractivity (Wildman–Crippen MR) is 111 cm³/mol. The van der Waals surface area contributed by atoms with E-state index >= 15 is 0 Å². The van der Waals surface area contributed by atoms with E-state index < -0.39 is 0 Å². The SMILES string of the molecule is c1ccc2c(-c3cccc4c3ccn4CCN3CCCC3)cccc2c1. The number of rotatable bonds is 4. The van der Waals surface area contributed by atoms with Crippen molar-refractivity contribution < 1.29 is 0 Å². The third-order valence-corrected chi connectivity index (χ3v) is 5.75. The van der Waals surface area contributed by atoms with E-state index in [1.807, 2.05) is 0 Å². The van der Waals surface area contributed by atoms with Gasteiger partial charge in [-0.15, -0.1) is 0 Å². The third-order valence-electron chi connectivity index (χ3n) is 5.75. The predicted octanol–water partition coefficient (Wildman–Crippen LogP) is 5.56. The van der Waals surface area contributed by atoms with E-state index in [1.165, 1.54) is 58.7 Å². The highest BCUT2D eigenvalue weighted by Crippen LogP contribution is 2.34. The van der Waals surface area contributed by atoms with Crippen LogP contribution < -0.4 is 0 Å². The summed E-state index contributed by atoms with van der Waals surface area (Å²) in [7, 11) is 0. The van der Waals surface area contributed by atoms with Gasteiger partial charge in [0.1, 0.15) is 0 Å². The Balaban J connectivity index is 1.56. The van der Waals surface area contributed by atoms with Gasteiger partial charge in [-0.3, -0.25) is 0 Å². The van der Waals surface area contributed by atoms with Crippen molar-refractivity contribution in [2.75, 3.05) is 19.6 Å². The highest BCUT2D eigenvalue weighted by atomic mass is 15.2. The summed E-state index contributed by atoms with van der Waals surface area (Å²) in [6.07, 6.45) is 4.98. The van der Waals surface area contributed by atoms with Gasteiger partial charge < -0.3 is 9.47 Å². The molecule has 2 nitrogen and oxygen atoms in total. The van der Waals surface area contributed by atoms with E-state index in [2.05, 4.69) is 82.4 Å². The van der Waals surface area contributed by atoms with E-state index in [1.54, 1.807) is 0 Å². The van der Waals surface area contributed by atoms with Crippen LogP contribution in [0.3, 0.4) is 0 Å². The van der Waals surface area contributed by atoms with Crippen LogP contribution in [0.2, 0.25) is 0 Å². The van der Waals surface area contributed by atoms with Crippen LogP contribution >= 0.6 is 0 Å². The number of likely N-dealkylation sites (tertiary alicyclic amines) is 1. The molecule has 1 aliphatic rings. The van der Waals surface area contributed by atoms with Crippen molar-refractivity contribution in [1.82, 2.24) is 9.47 Å². The second-order valence-electron chi connectivity index (χ2n) is 7.32. The van der Waals surface area contributed by atoms with Crippen molar-refractivity contribution in [2.24, 2.45) is 0 Å². The molecule has 0 atom stereocenters. The Morgan fingerprint density at radius 3 is 2.27 bits per heavy atom. The summed E-state index contributed by atoms with van der Waals surface area (Å²) in [5.74, 6) is 0. The summed E-state index contributed by atoms with van der Waals surface area (Å²) in [5, 5.41) is 3.98. The van der Waals surface area contributed by atoms with Gasteiger partial charge in [0.25, 0.3) is 0 Å². The van der Waals surface area contributed by atoms with E-state index in [4.69, 9.17) is 0 Å². The van der Waals surface area contributed by atoms with Gasteiger partial charge in [-0.2, -0.15) is 0 Å².